The molecule has 45 heavy (non-hydrogen) atoms. The molecule has 7 aromatic carbocycles. The van der Waals surface area contributed by atoms with Crippen molar-refractivity contribution >= 4 is 43.5 Å². The van der Waals surface area contributed by atoms with E-state index in [4.69, 9.17) is 19.4 Å². The Bertz CT molecular complexity index is 2550. The summed E-state index contributed by atoms with van der Waals surface area (Å²) in [6.07, 6.45) is 0. The quantitative estimate of drug-likeness (QED) is 0.196. The molecule has 0 aliphatic heterocycles. The lowest BCUT2D eigenvalue weighted by Crippen LogP contribution is -2.01. The molecule has 0 radical (unpaired) electrons. The first-order valence-electron chi connectivity index (χ1n) is 15.0. The van der Waals surface area contributed by atoms with Crippen molar-refractivity contribution in [2.45, 2.75) is 0 Å². The molecule has 9 rings (SSSR count). The van der Waals surface area contributed by atoms with Crippen molar-refractivity contribution in [3.63, 3.8) is 0 Å². The van der Waals surface area contributed by atoms with Crippen LogP contribution in [0.3, 0.4) is 0 Å². The molecule has 9 aromatic rings. The van der Waals surface area contributed by atoms with Crippen molar-refractivity contribution in [2.75, 3.05) is 0 Å². The van der Waals surface area contributed by atoms with Gasteiger partial charge in [0.2, 0.25) is 0 Å². The molecule has 0 amide bonds. The van der Waals surface area contributed by atoms with Gasteiger partial charge in [-0.1, -0.05) is 133 Å². The van der Waals surface area contributed by atoms with Gasteiger partial charge >= 0.3 is 0 Å². The van der Waals surface area contributed by atoms with E-state index >= 15 is 0 Å². The molecule has 0 aliphatic rings. The Morgan fingerprint density at radius 3 is 1.87 bits per heavy atom. The third-order valence-corrected chi connectivity index (χ3v) is 8.54. The summed E-state index contributed by atoms with van der Waals surface area (Å²) >= 11 is 0. The van der Waals surface area contributed by atoms with Crippen LogP contribution in [0.5, 0.6) is 0 Å². The average molecular weight is 576 g/mol. The minimum Gasteiger partial charge on any atom is -0.456 e. The molecule has 0 spiro atoms. The molecular formula is C41H25N3O. The highest BCUT2D eigenvalue weighted by molar-refractivity contribution is 6.13. The number of aromatic nitrogens is 3. The third kappa shape index (κ3) is 4.27. The first-order valence-corrected chi connectivity index (χ1v) is 15.0. The highest BCUT2D eigenvalue weighted by atomic mass is 16.3. The molecule has 2 aromatic heterocycles. The minimum absolute atomic E-state index is 0.595. The minimum atomic E-state index is 0.595. The van der Waals surface area contributed by atoms with Crippen molar-refractivity contribution in [3.8, 4) is 45.3 Å². The Hall–Kier alpha value is -6.13. The Kier molecular flexibility index (Phi) is 5.78. The van der Waals surface area contributed by atoms with Crippen LogP contribution in [-0.4, -0.2) is 15.0 Å². The van der Waals surface area contributed by atoms with E-state index in [1.165, 1.54) is 10.8 Å². The predicted octanol–water partition coefficient (Wildman–Crippen LogP) is 10.7. The molecular weight excluding hydrogens is 550 g/mol. The normalized spacial score (nSPS) is 11.6. The van der Waals surface area contributed by atoms with E-state index in [2.05, 4.69) is 115 Å². The smallest absolute Gasteiger partial charge is 0.164 e. The van der Waals surface area contributed by atoms with Crippen LogP contribution in [0, 0.1) is 0 Å². The fourth-order valence-electron chi connectivity index (χ4n) is 6.40. The van der Waals surface area contributed by atoms with Crippen LogP contribution in [0.4, 0.5) is 0 Å². The summed E-state index contributed by atoms with van der Waals surface area (Å²) < 4.78 is 6.26. The standard InChI is InChI=1S/C41H25N3O/c1-2-11-26(12-3-1)30-15-6-7-18-34(30)40-42-39(29-23-24-33-32-17-8-9-20-36(32)45-37(33)25-29)43-41(44-40)35-19-10-14-28-22-21-27-13-4-5-16-31(27)38(28)35/h1-25H. The first-order chi connectivity index (χ1) is 22.3. The Morgan fingerprint density at radius 2 is 0.978 bits per heavy atom. The van der Waals surface area contributed by atoms with Gasteiger partial charge in [-0.25, -0.2) is 15.0 Å². The number of rotatable bonds is 4. The second-order valence-corrected chi connectivity index (χ2v) is 11.2. The van der Waals surface area contributed by atoms with E-state index in [0.717, 1.165) is 60.5 Å². The zero-order valence-corrected chi connectivity index (χ0v) is 24.2. The number of para-hydroxylation sites is 1. The Morgan fingerprint density at radius 1 is 0.356 bits per heavy atom. The molecule has 4 nitrogen and oxygen atoms in total. The van der Waals surface area contributed by atoms with E-state index < -0.39 is 0 Å². The summed E-state index contributed by atoms with van der Waals surface area (Å²) in [4.78, 5) is 15.5. The van der Waals surface area contributed by atoms with E-state index in [0.29, 0.717) is 17.5 Å². The van der Waals surface area contributed by atoms with Crippen LogP contribution in [0.2, 0.25) is 0 Å². The average Bonchev–Trinajstić information content (AvgIpc) is 3.49. The molecule has 4 heteroatoms. The van der Waals surface area contributed by atoms with Crippen LogP contribution in [0.25, 0.3) is 88.8 Å². The second kappa shape index (κ2) is 10.2. The third-order valence-electron chi connectivity index (χ3n) is 8.54. The van der Waals surface area contributed by atoms with Crippen LogP contribution in [0.15, 0.2) is 156 Å². The molecule has 0 saturated heterocycles. The van der Waals surface area contributed by atoms with Gasteiger partial charge in [0.1, 0.15) is 11.2 Å². The molecule has 0 N–H and O–H groups in total. The van der Waals surface area contributed by atoms with Crippen molar-refractivity contribution < 1.29 is 4.42 Å². The maximum atomic E-state index is 6.26. The number of nitrogens with zero attached hydrogens (tertiary/aromatic N) is 3. The SMILES string of the molecule is c1ccc(-c2ccccc2-c2nc(-c3ccc4c(c3)oc3ccccc34)nc(-c3cccc4ccc5ccccc5c34)n2)cc1. The second-order valence-electron chi connectivity index (χ2n) is 11.2. The highest BCUT2D eigenvalue weighted by Gasteiger charge is 2.18. The molecule has 210 valence electrons. The van der Waals surface area contributed by atoms with Gasteiger partial charge in [0, 0.05) is 32.8 Å². The van der Waals surface area contributed by atoms with E-state index in [1.807, 2.05) is 36.4 Å². The molecule has 0 atom stereocenters. The Labute approximate surface area is 259 Å². The zero-order chi connectivity index (χ0) is 29.7. The van der Waals surface area contributed by atoms with Gasteiger partial charge in [0.15, 0.2) is 17.5 Å². The van der Waals surface area contributed by atoms with Crippen LogP contribution >= 0.6 is 0 Å². The lowest BCUT2D eigenvalue weighted by Gasteiger charge is -2.14. The number of hydrogen-bond acceptors (Lipinski definition) is 4. The summed E-state index contributed by atoms with van der Waals surface area (Å²) in [5, 5.41) is 6.78. The van der Waals surface area contributed by atoms with Crippen LogP contribution < -0.4 is 0 Å². The van der Waals surface area contributed by atoms with Gasteiger partial charge in [-0.3, -0.25) is 0 Å². The summed E-state index contributed by atoms with van der Waals surface area (Å²) in [6.45, 7) is 0. The molecule has 0 bridgehead atoms. The maximum absolute atomic E-state index is 6.26. The molecule has 0 unspecified atom stereocenters. The molecule has 0 fully saturated rings. The van der Waals surface area contributed by atoms with Crippen molar-refractivity contribution in [1.82, 2.24) is 15.0 Å². The van der Waals surface area contributed by atoms with Gasteiger partial charge in [-0.05, 0) is 45.5 Å². The van der Waals surface area contributed by atoms with Crippen LogP contribution in [-0.2, 0) is 0 Å². The largest absolute Gasteiger partial charge is 0.456 e. The summed E-state index contributed by atoms with van der Waals surface area (Å²) in [5.74, 6) is 1.85. The van der Waals surface area contributed by atoms with Gasteiger partial charge < -0.3 is 4.42 Å². The lowest BCUT2D eigenvalue weighted by atomic mass is 9.97. The molecule has 0 saturated carbocycles. The number of furan rings is 1. The number of hydrogen-bond donors (Lipinski definition) is 0. The van der Waals surface area contributed by atoms with Gasteiger partial charge in [0.25, 0.3) is 0 Å². The van der Waals surface area contributed by atoms with Gasteiger partial charge in [0.05, 0.1) is 0 Å². The maximum Gasteiger partial charge on any atom is 0.164 e. The Balaban J connectivity index is 1.33. The van der Waals surface area contributed by atoms with E-state index in [-0.39, 0.29) is 0 Å². The first kappa shape index (κ1) is 25.4. The van der Waals surface area contributed by atoms with E-state index in [1.54, 1.807) is 0 Å². The summed E-state index contributed by atoms with van der Waals surface area (Å²) in [5.41, 5.74) is 6.63. The van der Waals surface area contributed by atoms with Crippen LogP contribution in [0.1, 0.15) is 0 Å². The highest BCUT2D eigenvalue weighted by Crippen LogP contribution is 2.37. The summed E-state index contributed by atoms with van der Waals surface area (Å²) in [7, 11) is 0. The number of benzene rings is 7. The topological polar surface area (TPSA) is 51.8 Å². The van der Waals surface area contributed by atoms with Crippen molar-refractivity contribution in [3.05, 3.63) is 152 Å². The fourth-order valence-corrected chi connectivity index (χ4v) is 6.40. The van der Waals surface area contributed by atoms with Crippen molar-refractivity contribution in [2.24, 2.45) is 0 Å². The molecule has 2 heterocycles. The van der Waals surface area contributed by atoms with Gasteiger partial charge in [-0.2, -0.15) is 0 Å². The molecule has 0 aliphatic carbocycles. The summed E-state index contributed by atoms with van der Waals surface area (Å²) in [6, 6.07) is 52.2. The van der Waals surface area contributed by atoms with E-state index in [9.17, 15) is 0 Å². The predicted molar refractivity (Wildman–Crippen MR) is 184 cm³/mol. The van der Waals surface area contributed by atoms with Crippen molar-refractivity contribution in [1.29, 1.82) is 0 Å². The zero-order valence-electron chi connectivity index (χ0n) is 24.2. The van der Waals surface area contributed by atoms with Gasteiger partial charge in [-0.15, -0.1) is 0 Å². The number of fused-ring (bicyclic) bond motifs is 6. The monoisotopic (exact) mass is 575 g/mol. The fraction of sp³-hybridized carbons (Fsp3) is 0. The lowest BCUT2D eigenvalue weighted by molar-refractivity contribution is 0.669.